The van der Waals surface area contributed by atoms with Crippen LogP contribution in [0.2, 0.25) is 0 Å². The second-order valence-electron chi connectivity index (χ2n) is 5.27. The predicted molar refractivity (Wildman–Crippen MR) is 94.7 cm³/mol. The van der Waals surface area contributed by atoms with Crippen LogP contribution in [0, 0.1) is 0 Å². The third kappa shape index (κ3) is 3.52. The molecule has 0 fully saturated rings. The average molecular weight is 319 g/mol. The van der Waals surface area contributed by atoms with Gasteiger partial charge in [-0.2, -0.15) is 0 Å². The van der Waals surface area contributed by atoms with Crippen molar-refractivity contribution >= 4 is 18.0 Å². The molecule has 3 rings (SSSR count). The zero-order chi connectivity index (χ0) is 17.2. The minimum atomic E-state index is -2.05. The van der Waals surface area contributed by atoms with E-state index in [0.29, 0.717) is 19.6 Å². The molecule has 0 saturated heterocycles. The molecule has 0 aromatic heterocycles. The van der Waals surface area contributed by atoms with Crippen molar-refractivity contribution < 1.29 is 8.85 Å². The van der Waals surface area contributed by atoms with Crippen molar-refractivity contribution in [2.75, 3.05) is 20.6 Å². The van der Waals surface area contributed by atoms with E-state index in [9.17, 15) is 0 Å². The number of rotatable bonds is 3. The molecule has 0 amide bonds. The van der Waals surface area contributed by atoms with Crippen molar-refractivity contribution in [1.29, 1.82) is 0 Å². The molecule has 2 nitrogen and oxygen atoms in total. The lowest BCUT2D eigenvalue weighted by molar-refractivity contribution is 0.307. The molecule has 116 valence electrons. The molecule has 0 unspecified atom stereocenters. The summed E-state index contributed by atoms with van der Waals surface area (Å²) in [5.41, 5.74) is 4.46. The third-order valence-electron chi connectivity index (χ3n) is 3.68. The topological polar surface area (TPSA) is 12.5 Å². The van der Waals surface area contributed by atoms with Gasteiger partial charge in [0.15, 0.2) is 0 Å². The Kier molecular flexibility index (Phi) is 4.33. The van der Waals surface area contributed by atoms with Crippen molar-refractivity contribution in [3.8, 4) is 5.75 Å². The van der Waals surface area contributed by atoms with Crippen LogP contribution >= 0.6 is 12.4 Å². The van der Waals surface area contributed by atoms with E-state index in [1.54, 1.807) is 7.05 Å². The summed E-state index contributed by atoms with van der Waals surface area (Å²) in [4.78, 5) is 1.40. The molecular formula is C19H22ClNO. The van der Waals surface area contributed by atoms with Crippen LogP contribution < -0.4 is 4.74 Å². The van der Waals surface area contributed by atoms with Gasteiger partial charge in [0.2, 0.25) is 0 Å². The lowest BCUT2D eigenvalue weighted by Crippen LogP contribution is -2.12. The number of ether oxygens (including phenoxy) is 1. The van der Waals surface area contributed by atoms with Crippen LogP contribution in [0.15, 0.2) is 54.6 Å². The highest BCUT2D eigenvalue weighted by molar-refractivity contribution is 5.85. The van der Waals surface area contributed by atoms with Gasteiger partial charge in [-0.3, -0.25) is 0 Å². The molecule has 1 aliphatic rings. The van der Waals surface area contributed by atoms with E-state index >= 15 is 0 Å². The summed E-state index contributed by atoms with van der Waals surface area (Å²) in [5, 5.41) is 0. The molecule has 0 saturated carbocycles. The largest absolute Gasteiger partial charge is 0.488 e. The second-order valence-corrected chi connectivity index (χ2v) is 5.27. The molecule has 1 heterocycles. The Morgan fingerprint density at radius 3 is 2.68 bits per heavy atom. The van der Waals surface area contributed by atoms with Crippen molar-refractivity contribution in [2.24, 2.45) is 0 Å². The molecule has 2 aromatic rings. The number of nitrogens with zero attached hydrogens (tertiary/aromatic N) is 1. The van der Waals surface area contributed by atoms with Crippen LogP contribution in [-0.4, -0.2) is 25.5 Å². The molecule has 0 N–H and O–H groups in total. The first-order chi connectivity index (χ1) is 11.5. The van der Waals surface area contributed by atoms with Gasteiger partial charge in [-0.1, -0.05) is 48.5 Å². The number of fused-ring (bicyclic) bond motifs is 2. The van der Waals surface area contributed by atoms with Crippen molar-refractivity contribution in [3.05, 3.63) is 71.3 Å². The zero-order valence-corrected chi connectivity index (χ0v) is 13.4. The standard InChI is InChI=1S/C19H21NO.ClH/c1-20(2)13-7-11-17-16-9-4-3-8-15(16)14-21-19-12-6-5-10-18(17)19;/h3-6,8-12H,7,13-14H2,1-2H3;1H/b17-11+;/i1D3;. The predicted octanol–water partition coefficient (Wildman–Crippen LogP) is 4.38. The van der Waals surface area contributed by atoms with Gasteiger partial charge in [-0.25, -0.2) is 0 Å². The number of hydrogen-bond donors (Lipinski definition) is 0. The van der Waals surface area contributed by atoms with Gasteiger partial charge in [0.1, 0.15) is 12.4 Å². The lowest BCUT2D eigenvalue weighted by Gasteiger charge is -2.12. The van der Waals surface area contributed by atoms with Gasteiger partial charge >= 0.3 is 0 Å². The van der Waals surface area contributed by atoms with E-state index in [1.165, 1.54) is 4.90 Å². The molecule has 2 aromatic carbocycles. The highest BCUT2D eigenvalue weighted by Gasteiger charge is 2.17. The Morgan fingerprint density at radius 2 is 1.86 bits per heavy atom. The Labute approximate surface area is 143 Å². The van der Waals surface area contributed by atoms with Gasteiger partial charge in [-0.15, -0.1) is 12.4 Å². The quantitative estimate of drug-likeness (QED) is 0.832. The molecule has 0 atom stereocenters. The van der Waals surface area contributed by atoms with Gasteiger partial charge < -0.3 is 9.64 Å². The summed E-state index contributed by atoms with van der Waals surface area (Å²) in [6.07, 6.45) is 2.78. The number of benzene rings is 2. The molecule has 22 heavy (non-hydrogen) atoms. The van der Waals surface area contributed by atoms with Crippen LogP contribution in [0.5, 0.6) is 5.75 Å². The molecule has 1 aliphatic heterocycles. The minimum Gasteiger partial charge on any atom is -0.488 e. The zero-order valence-electron chi connectivity index (χ0n) is 15.6. The average Bonchev–Trinajstić information content (AvgIpc) is 2.72. The highest BCUT2D eigenvalue weighted by Crippen LogP contribution is 2.36. The summed E-state index contributed by atoms with van der Waals surface area (Å²) < 4.78 is 28.3. The van der Waals surface area contributed by atoms with E-state index < -0.39 is 6.98 Å². The summed E-state index contributed by atoms with van der Waals surface area (Å²) in [5.74, 6) is 0.865. The van der Waals surface area contributed by atoms with Crippen LogP contribution in [0.4, 0.5) is 0 Å². The first kappa shape index (κ1) is 12.7. The lowest BCUT2D eigenvalue weighted by atomic mass is 9.93. The Balaban J connectivity index is 0.00000225. The summed E-state index contributed by atoms with van der Waals surface area (Å²) >= 11 is 0. The van der Waals surface area contributed by atoms with Gasteiger partial charge in [0.25, 0.3) is 0 Å². The maximum Gasteiger partial charge on any atom is 0.127 e. The Bertz CT molecular complexity index is 709. The van der Waals surface area contributed by atoms with Crippen LogP contribution in [-0.2, 0) is 6.61 Å². The molecular weight excluding hydrogens is 294 g/mol. The second kappa shape index (κ2) is 7.48. The summed E-state index contributed by atoms with van der Waals surface area (Å²) in [7, 11) is 1.63. The summed E-state index contributed by atoms with van der Waals surface area (Å²) in [6.45, 7) is -1.04. The smallest absolute Gasteiger partial charge is 0.127 e. The summed E-state index contributed by atoms with van der Waals surface area (Å²) in [6, 6.07) is 16.2. The van der Waals surface area contributed by atoms with Crippen LogP contribution in [0.1, 0.15) is 27.2 Å². The van der Waals surface area contributed by atoms with Crippen molar-refractivity contribution in [3.63, 3.8) is 0 Å². The molecule has 0 bridgehead atoms. The first-order valence-corrected chi connectivity index (χ1v) is 7.19. The SMILES string of the molecule is Cl.[2H]C([2H])([2H])N(C)CC/C=C1\c2ccccc2COc2ccccc21. The van der Waals surface area contributed by atoms with Crippen molar-refractivity contribution in [2.45, 2.75) is 13.0 Å². The Morgan fingerprint density at radius 1 is 1.14 bits per heavy atom. The van der Waals surface area contributed by atoms with E-state index in [4.69, 9.17) is 8.85 Å². The Hall–Kier alpha value is -1.77. The number of para-hydroxylation sites is 1. The fourth-order valence-corrected chi connectivity index (χ4v) is 2.65. The molecule has 0 radical (unpaired) electrons. The monoisotopic (exact) mass is 318 g/mol. The number of halogens is 1. The maximum atomic E-state index is 7.45. The van der Waals surface area contributed by atoms with Crippen LogP contribution in [0.3, 0.4) is 0 Å². The fourth-order valence-electron chi connectivity index (χ4n) is 2.65. The van der Waals surface area contributed by atoms with Gasteiger partial charge in [-0.05, 0) is 43.2 Å². The number of hydrogen-bond acceptors (Lipinski definition) is 2. The van der Waals surface area contributed by atoms with E-state index in [0.717, 1.165) is 28.0 Å². The molecule has 0 spiro atoms. The fraction of sp³-hybridized carbons (Fsp3) is 0.263. The molecule has 0 aliphatic carbocycles. The first-order valence-electron chi connectivity index (χ1n) is 8.69. The third-order valence-corrected chi connectivity index (χ3v) is 3.68. The van der Waals surface area contributed by atoms with Gasteiger partial charge in [0.05, 0.1) is 0 Å². The van der Waals surface area contributed by atoms with E-state index in [2.05, 4.69) is 24.3 Å². The minimum absolute atomic E-state index is 0. The van der Waals surface area contributed by atoms with Gasteiger partial charge in [0, 0.05) is 16.2 Å². The molecule has 3 heteroatoms. The normalized spacial score (nSPS) is 17.2. The highest BCUT2D eigenvalue weighted by atomic mass is 35.5. The van der Waals surface area contributed by atoms with Crippen molar-refractivity contribution in [1.82, 2.24) is 4.90 Å². The maximum absolute atomic E-state index is 7.45. The van der Waals surface area contributed by atoms with Crippen LogP contribution in [0.25, 0.3) is 5.57 Å². The van der Waals surface area contributed by atoms with E-state index in [-0.39, 0.29) is 12.4 Å². The van der Waals surface area contributed by atoms with E-state index in [1.807, 2.05) is 30.3 Å².